The van der Waals surface area contributed by atoms with E-state index in [-0.39, 0.29) is 5.78 Å². The Morgan fingerprint density at radius 1 is 1.60 bits per heavy atom. The molecule has 0 saturated carbocycles. The van der Waals surface area contributed by atoms with Crippen molar-refractivity contribution in [2.45, 2.75) is 31.8 Å². The number of aliphatic hydroxyl groups is 1. The summed E-state index contributed by atoms with van der Waals surface area (Å²) in [6.45, 7) is 1.44. The molecular weight excluding hydrogens is 128 g/mol. The fraction of sp³-hybridized carbons (Fsp3) is 0.625. The first-order valence-electron chi connectivity index (χ1n) is 3.53. The first-order valence-corrected chi connectivity index (χ1v) is 3.53. The van der Waals surface area contributed by atoms with Crippen molar-refractivity contribution in [3.63, 3.8) is 0 Å². The molecule has 1 N–H and O–H groups in total. The highest BCUT2D eigenvalue weighted by Gasteiger charge is 2.31. The van der Waals surface area contributed by atoms with Gasteiger partial charge in [-0.25, -0.2) is 0 Å². The number of ketones is 1. The molecule has 0 radical (unpaired) electrons. The number of carbonyl (C=O) groups is 1. The average Bonchev–Trinajstić information content (AvgIpc) is 1.89. The van der Waals surface area contributed by atoms with Gasteiger partial charge >= 0.3 is 0 Å². The number of carbonyl (C=O) groups excluding carboxylic acids is 1. The zero-order valence-electron chi connectivity index (χ0n) is 6.13. The first-order chi connectivity index (χ1) is 4.65. The topological polar surface area (TPSA) is 37.3 Å². The van der Waals surface area contributed by atoms with E-state index in [0.29, 0.717) is 12.8 Å². The van der Waals surface area contributed by atoms with Gasteiger partial charge in [0.15, 0.2) is 5.78 Å². The lowest BCUT2D eigenvalue weighted by Gasteiger charge is -2.25. The van der Waals surface area contributed by atoms with Crippen molar-refractivity contribution < 1.29 is 9.90 Å². The minimum atomic E-state index is -1.05. The van der Waals surface area contributed by atoms with Crippen molar-refractivity contribution in [1.29, 1.82) is 0 Å². The number of allylic oxidation sites excluding steroid dienone is 1. The third kappa shape index (κ3) is 1.27. The molecule has 0 spiro atoms. The molecule has 0 bridgehead atoms. The van der Waals surface area contributed by atoms with Crippen LogP contribution in [0, 0.1) is 0 Å². The molecule has 0 heterocycles. The van der Waals surface area contributed by atoms with E-state index < -0.39 is 5.60 Å². The smallest absolute Gasteiger partial charge is 0.161 e. The predicted molar refractivity (Wildman–Crippen MR) is 38.6 cm³/mol. The van der Waals surface area contributed by atoms with Crippen LogP contribution in [0.3, 0.4) is 0 Å². The molecule has 0 aromatic rings. The van der Waals surface area contributed by atoms with Crippen molar-refractivity contribution >= 4 is 5.78 Å². The maximum atomic E-state index is 10.8. The number of Topliss-reactive ketones (excluding diaryl/α,β-unsaturated/α-hetero) is 1. The van der Waals surface area contributed by atoms with Crippen molar-refractivity contribution in [1.82, 2.24) is 0 Å². The Hall–Kier alpha value is -0.630. The lowest BCUT2D eigenvalue weighted by atomic mass is 9.86. The van der Waals surface area contributed by atoms with Crippen LogP contribution >= 0.6 is 0 Å². The summed E-state index contributed by atoms with van der Waals surface area (Å²) in [6.07, 6.45) is 5.75. The third-order valence-electron chi connectivity index (χ3n) is 2.00. The maximum Gasteiger partial charge on any atom is 0.161 e. The molecule has 56 valence electrons. The maximum absolute atomic E-state index is 10.8. The monoisotopic (exact) mass is 140 g/mol. The SMILES string of the molecule is CC(=O)C1(O)CC=CCC1. The molecular formula is C8H12O2. The second-order valence-electron chi connectivity index (χ2n) is 2.80. The number of rotatable bonds is 1. The highest BCUT2D eigenvalue weighted by Crippen LogP contribution is 2.23. The van der Waals surface area contributed by atoms with Gasteiger partial charge in [-0.3, -0.25) is 4.79 Å². The summed E-state index contributed by atoms with van der Waals surface area (Å²) >= 11 is 0. The minimum absolute atomic E-state index is 0.114. The van der Waals surface area contributed by atoms with E-state index in [1.165, 1.54) is 6.92 Å². The highest BCUT2D eigenvalue weighted by atomic mass is 16.3. The van der Waals surface area contributed by atoms with Crippen LogP contribution in [0.1, 0.15) is 26.2 Å². The normalized spacial score (nSPS) is 32.2. The van der Waals surface area contributed by atoms with Crippen LogP contribution in [0.5, 0.6) is 0 Å². The van der Waals surface area contributed by atoms with Crippen molar-refractivity contribution in [3.05, 3.63) is 12.2 Å². The van der Waals surface area contributed by atoms with E-state index >= 15 is 0 Å². The van der Waals surface area contributed by atoms with E-state index in [0.717, 1.165) is 6.42 Å². The highest BCUT2D eigenvalue weighted by molar-refractivity contribution is 5.84. The van der Waals surface area contributed by atoms with Gasteiger partial charge < -0.3 is 5.11 Å². The van der Waals surface area contributed by atoms with Crippen LogP contribution in [-0.4, -0.2) is 16.5 Å². The van der Waals surface area contributed by atoms with Gasteiger partial charge in [-0.2, -0.15) is 0 Å². The van der Waals surface area contributed by atoms with E-state index in [9.17, 15) is 9.90 Å². The number of hydrogen-bond donors (Lipinski definition) is 1. The summed E-state index contributed by atoms with van der Waals surface area (Å²) in [5, 5.41) is 9.55. The molecule has 0 aliphatic heterocycles. The van der Waals surface area contributed by atoms with E-state index in [2.05, 4.69) is 0 Å². The summed E-state index contributed by atoms with van der Waals surface area (Å²) < 4.78 is 0. The molecule has 1 aliphatic carbocycles. The Labute approximate surface area is 60.6 Å². The van der Waals surface area contributed by atoms with Crippen LogP contribution in [0.2, 0.25) is 0 Å². The number of hydrogen-bond acceptors (Lipinski definition) is 2. The Bertz CT molecular complexity index is 172. The van der Waals surface area contributed by atoms with Gasteiger partial charge in [-0.1, -0.05) is 12.2 Å². The standard InChI is InChI=1S/C8H12O2/c1-7(9)8(10)5-3-2-4-6-8/h2-3,10H,4-6H2,1H3. The molecule has 1 atom stereocenters. The van der Waals surface area contributed by atoms with E-state index in [4.69, 9.17) is 0 Å². The van der Waals surface area contributed by atoms with Gasteiger partial charge in [0.05, 0.1) is 0 Å². The summed E-state index contributed by atoms with van der Waals surface area (Å²) in [7, 11) is 0. The van der Waals surface area contributed by atoms with Crippen LogP contribution in [0.4, 0.5) is 0 Å². The van der Waals surface area contributed by atoms with E-state index in [1.54, 1.807) is 0 Å². The molecule has 2 nitrogen and oxygen atoms in total. The van der Waals surface area contributed by atoms with Crippen molar-refractivity contribution in [2.75, 3.05) is 0 Å². The first kappa shape index (κ1) is 7.48. The second kappa shape index (κ2) is 2.54. The molecule has 1 aliphatic rings. The Kier molecular flexibility index (Phi) is 1.90. The van der Waals surface area contributed by atoms with Gasteiger partial charge in [0.2, 0.25) is 0 Å². The van der Waals surface area contributed by atoms with Gasteiger partial charge in [0.1, 0.15) is 5.60 Å². The van der Waals surface area contributed by atoms with Crippen LogP contribution < -0.4 is 0 Å². The van der Waals surface area contributed by atoms with Crippen molar-refractivity contribution in [3.8, 4) is 0 Å². The summed E-state index contributed by atoms with van der Waals surface area (Å²) in [4.78, 5) is 10.8. The fourth-order valence-electron chi connectivity index (χ4n) is 1.14. The average molecular weight is 140 g/mol. The fourth-order valence-corrected chi connectivity index (χ4v) is 1.14. The van der Waals surface area contributed by atoms with Crippen LogP contribution in [0.25, 0.3) is 0 Å². The minimum Gasteiger partial charge on any atom is -0.382 e. The van der Waals surface area contributed by atoms with Gasteiger partial charge in [0.25, 0.3) is 0 Å². The van der Waals surface area contributed by atoms with E-state index in [1.807, 2.05) is 12.2 Å². The van der Waals surface area contributed by atoms with Gasteiger partial charge in [0, 0.05) is 6.42 Å². The third-order valence-corrected chi connectivity index (χ3v) is 2.00. The Balaban J connectivity index is 2.68. The summed E-state index contributed by atoms with van der Waals surface area (Å²) in [5.41, 5.74) is -1.05. The van der Waals surface area contributed by atoms with Crippen LogP contribution in [-0.2, 0) is 4.79 Å². The second-order valence-corrected chi connectivity index (χ2v) is 2.80. The molecule has 0 saturated heterocycles. The molecule has 0 fully saturated rings. The molecule has 0 aromatic heterocycles. The van der Waals surface area contributed by atoms with Gasteiger partial charge in [-0.05, 0) is 19.8 Å². The largest absolute Gasteiger partial charge is 0.382 e. The van der Waals surface area contributed by atoms with Crippen LogP contribution in [0.15, 0.2) is 12.2 Å². The molecule has 2 heteroatoms. The Morgan fingerprint density at radius 3 is 2.60 bits per heavy atom. The lowest BCUT2D eigenvalue weighted by Crippen LogP contribution is -2.37. The van der Waals surface area contributed by atoms with Crippen molar-refractivity contribution in [2.24, 2.45) is 0 Å². The Morgan fingerprint density at radius 2 is 2.30 bits per heavy atom. The summed E-state index contributed by atoms with van der Waals surface area (Å²) in [6, 6.07) is 0. The summed E-state index contributed by atoms with van der Waals surface area (Å²) in [5.74, 6) is -0.114. The zero-order chi connectivity index (χ0) is 7.61. The molecule has 1 rings (SSSR count). The molecule has 0 amide bonds. The van der Waals surface area contributed by atoms with Gasteiger partial charge in [-0.15, -0.1) is 0 Å². The quantitative estimate of drug-likeness (QED) is 0.553. The predicted octanol–water partition coefficient (Wildman–Crippen LogP) is 1.05. The molecule has 1 unspecified atom stereocenters. The molecule has 0 aromatic carbocycles. The zero-order valence-corrected chi connectivity index (χ0v) is 6.13. The lowest BCUT2D eigenvalue weighted by molar-refractivity contribution is -0.135. The molecule has 10 heavy (non-hydrogen) atoms.